The lowest BCUT2D eigenvalue weighted by Gasteiger charge is -2.32. The molecular formula is C18H27NO2. The molecule has 0 amide bonds. The maximum absolute atomic E-state index is 12.4. The monoisotopic (exact) mass is 289 g/mol. The molecule has 1 N–H and O–H groups in total. The van der Waals surface area contributed by atoms with Gasteiger partial charge in [0.05, 0.1) is 7.11 Å². The minimum absolute atomic E-state index is 0.122. The largest absolute Gasteiger partial charge is 0.467 e. The Bertz CT molecular complexity index is 446. The van der Waals surface area contributed by atoms with Gasteiger partial charge in [-0.25, -0.2) is 4.79 Å². The summed E-state index contributed by atoms with van der Waals surface area (Å²) in [5.74, 6) is 0.627. The molecule has 3 heteroatoms. The summed E-state index contributed by atoms with van der Waals surface area (Å²) in [4.78, 5) is 12.4. The summed E-state index contributed by atoms with van der Waals surface area (Å²) < 4.78 is 5.11. The second-order valence-electron chi connectivity index (χ2n) is 6.15. The molecule has 0 saturated heterocycles. The molecule has 0 radical (unpaired) electrons. The summed E-state index contributed by atoms with van der Waals surface area (Å²) in [5, 5.41) is 3.47. The van der Waals surface area contributed by atoms with Crippen LogP contribution in [0.25, 0.3) is 0 Å². The lowest BCUT2D eigenvalue weighted by Crippen LogP contribution is -2.46. The van der Waals surface area contributed by atoms with Gasteiger partial charge in [0.15, 0.2) is 0 Å². The SMILES string of the molecule is CCCC1CCCC(Nc2ccccc2)(C(=O)OC)CC1. The Morgan fingerprint density at radius 1 is 1.29 bits per heavy atom. The average Bonchev–Trinajstić information content (AvgIpc) is 2.71. The quantitative estimate of drug-likeness (QED) is 0.645. The van der Waals surface area contributed by atoms with Gasteiger partial charge >= 0.3 is 5.97 Å². The highest BCUT2D eigenvalue weighted by atomic mass is 16.5. The zero-order valence-corrected chi connectivity index (χ0v) is 13.2. The molecule has 1 aliphatic carbocycles. The number of esters is 1. The summed E-state index contributed by atoms with van der Waals surface area (Å²) in [7, 11) is 1.49. The van der Waals surface area contributed by atoms with E-state index < -0.39 is 5.54 Å². The van der Waals surface area contributed by atoms with Crippen molar-refractivity contribution in [2.75, 3.05) is 12.4 Å². The summed E-state index contributed by atoms with van der Waals surface area (Å²) in [6.07, 6.45) is 7.62. The van der Waals surface area contributed by atoms with Crippen molar-refractivity contribution < 1.29 is 9.53 Å². The van der Waals surface area contributed by atoms with Crippen molar-refractivity contribution in [3.63, 3.8) is 0 Å². The molecule has 3 nitrogen and oxygen atoms in total. The van der Waals surface area contributed by atoms with Gasteiger partial charge in [-0.3, -0.25) is 0 Å². The first kappa shape index (κ1) is 15.9. The predicted molar refractivity (Wildman–Crippen MR) is 86.3 cm³/mol. The molecule has 116 valence electrons. The molecule has 1 aromatic carbocycles. The smallest absolute Gasteiger partial charge is 0.331 e. The van der Waals surface area contributed by atoms with Gasteiger partial charge < -0.3 is 10.1 Å². The topological polar surface area (TPSA) is 38.3 Å². The van der Waals surface area contributed by atoms with Gasteiger partial charge in [-0.2, -0.15) is 0 Å². The fourth-order valence-electron chi connectivity index (χ4n) is 3.48. The number of anilines is 1. The van der Waals surface area contributed by atoms with Crippen LogP contribution < -0.4 is 5.32 Å². The molecule has 0 bridgehead atoms. The van der Waals surface area contributed by atoms with E-state index >= 15 is 0 Å². The minimum Gasteiger partial charge on any atom is -0.467 e. The number of rotatable bonds is 5. The van der Waals surface area contributed by atoms with E-state index in [0.717, 1.165) is 37.3 Å². The standard InChI is InChI=1S/C18H27NO2/c1-3-8-15-9-7-13-18(14-12-15,17(20)21-2)19-16-10-5-4-6-11-16/h4-6,10-11,15,19H,3,7-9,12-14H2,1-2H3. The number of carbonyl (C=O) groups excluding carboxylic acids is 1. The number of nitrogens with one attached hydrogen (secondary N) is 1. The highest BCUT2D eigenvalue weighted by Gasteiger charge is 2.41. The molecule has 1 aromatic rings. The Balaban J connectivity index is 2.15. The van der Waals surface area contributed by atoms with Gasteiger partial charge in [0.25, 0.3) is 0 Å². The molecule has 0 aliphatic heterocycles. The molecule has 2 unspecified atom stereocenters. The maximum Gasteiger partial charge on any atom is 0.331 e. The number of benzene rings is 1. The Morgan fingerprint density at radius 3 is 2.71 bits per heavy atom. The fourth-order valence-corrected chi connectivity index (χ4v) is 3.48. The van der Waals surface area contributed by atoms with Gasteiger partial charge in [0.1, 0.15) is 5.54 Å². The van der Waals surface area contributed by atoms with Gasteiger partial charge in [-0.1, -0.05) is 50.8 Å². The van der Waals surface area contributed by atoms with Crippen LogP contribution in [0.15, 0.2) is 30.3 Å². The van der Waals surface area contributed by atoms with Crippen LogP contribution in [-0.2, 0) is 9.53 Å². The van der Waals surface area contributed by atoms with Crippen LogP contribution in [0.2, 0.25) is 0 Å². The number of para-hydroxylation sites is 1. The normalized spacial score (nSPS) is 25.9. The highest BCUT2D eigenvalue weighted by Crippen LogP contribution is 2.35. The summed E-state index contributed by atoms with van der Waals surface area (Å²) >= 11 is 0. The van der Waals surface area contributed by atoms with Crippen LogP contribution in [0.3, 0.4) is 0 Å². The minimum atomic E-state index is -0.557. The molecule has 2 rings (SSSR count). The first-order valence-corrected chi connectivity index (χ1v) is 8.12. The number of carbonyl (C=O) groups is 1. The average molecular weight is 289 g/mol. The highest BCUT2D eigenvalue weighted by molar-refractivity contribution is 5.84. The fraction of sp³-hybridized carbons (Fsp3) is 0.611. The molecule has 1 aliphatic rings. The third kappa shape index (κ3) is 3.99. The van der Waals surface area contributed by atoms with Crippen molar-refractivity contribution in [1.82, 2.24) is 0 Å². The zero-order valence-electron chi connectivity index (χ0n) is 13.2. The van der Waals surface area contributed by atoms with Crippen LogP contribution in [0.1, 0.15) is 51.9 Å². The first-order chi connectivity index (χ1) is 10.2. The second-order valence-corrected chi connectivity index (χ2v) is 6.15. The lowest BCUT2D eigenvalue weighted by molar-refractivity contribution is -0.146. The van der Waals surface area contributed by atoms with Gasteiger partial charge in [-0.15, -0.1) is 0 Å². The van der Waals surface area contributed by atoms with E-state index in [1.807, 2.05) is 30.3 Å². The van der Waals surface area contributed by atoms with Crippen LogP contribution >= 0.6 is 0 Å². The Hall–Kier alpha value is -1.51. The first-order valence-electron chi connectivity index (χ1n) is 8.12. The van der Waals surface area contributed by atoms with E-state index in [-0.39, 0.29) is 5.97 Å². The van der Waals surface area contributed by atoms with Gasteiger partial charge in [0.2, 0.25) is 0 Å². The van der Waals surface area contributed by atoms with E-state index in [4.69, 9.17) is 4.74 Å². The molecule has 0 aromatic heterocycles. The van der Waals surface area contributed by atoms with E-state index in [2.05, 4.69) is 12.2 Å². The van der Waals surface area contributed by atoms with Crippen molar-refractivity contribution in [3.05, 3.63) is 30.3 Å². The van der Waals surface area contributed by atoms with E-state index in [0.29, 0.717) is 0 Å². The third-order valence-corrected chi connectivity index (χ3v) is 4.63. The molecule has 0 spiro atoms. The Kier molecular flexibility index (Phi) is 5.66. The number of hydrogen-bond donors (Lipinski definition) is 1. The molecule has 1 saturated carbocycles. The Labute approximate surface area is 128 Å². The van der Waals surface area contributed by atoms with Crippen molar-refractivity contribution in [2.45, 2.75) is 57.4 Å². The predicted octanol–water partition coefficient (Wildman–Crippen LogP) is 4.39. The number of hydrogen-bond acceptors (Lipinski definition) is 3. The van der Waals surface area contributed by atoms with Gasteiger partial charge in [-0.05, 0) is 37.3 Å². The van der Waals surface area contributed by atoms with E-state index in [1.165, 1.54) is 26.4 Å². The van der Waals surface area contributed by atoms with Crippen LogP contribution in [0.5, 0.6) is 0 Å². The van der Waals surface area contributed by atoms with Crippen molar-refractivity contribution in [2.24, 2.45) is 5.92 Å². The zero-order chi connectivity index (χ0) is 15.1. The molecule has 21 heavy (non-hydrogen) atoms. The van der Waals surface area contributed by atoms with Gasteiger partial charge in [0, 0.05) is 5.69 Å². The number of ether oxygens (including phenoxy) is 1. The molecule has 2 atom stereocenters. The van der Waals surface area contributed by atoms with Crippen LogP contribution in [0.4, 0.5) is 5.69 Å². The van der Waals surface area contributed by atoms with Crippen molar-refractivity contribution in [1.29, 1.82) is 0 Å². The van der Waals surface area contributed by atoms with Crippen molar-refractivity contribution >= 4 is 11.7 Å². The van der Waals surface area contributed by atoms with Crippen LogP contribution in [0, 0.1) is 5.92 Å². The van der Waals surface area contributed by atoms with Crippen molar-refractivity contribution in [3.8, 4) is 0 Å². The van der Waals surface area contributed by atoms with E-state index in [1.54, 1.807) is 0 Å². The number of methoxy groups -OCH3 is 1. The Morgan fingerprint density at radius 2 is 2.05 bits per heavy atom. The summed E-state index contributed by atoms with van der Waals surface area (Å²) in [6.45, 7) is 2.24. The molecular weight excluding hydrogens is 262 g/mol. The summed E-state index contributed by atoms with van der Waals surface area (Å²) in [6, 6.07) is 9.99. The third-order valence-electron chi connectivity index (χ3n) is 4.63. The molecule has 1 fully saturated rings. The summed E-state index contributed by atoms with van der Waals surface area (Å²) in [5.41, 5.74) is 0.440. The second kappa shape index (κ2) is 7.48. The molecule has 0 heterocycles. The lowest BCUT2D eigenvalue weighted by atomic mass is 9.88. The maximum atomic E-state index is 12.4. The van der Waals surface area contributed by atoms with Crippen LogP contribution in [-0.4, -0.2) is 18.6 Å². The van der Waals surface area contributed by atoms with E-state index in [9.17, 15) is 4.79 Å².